The second-order valence-electron chi connectivity index (χ2n) is 5.01. The second-order valence-corrected chi connectivity index (χ2v) is 6.53. The molecular formula is C15H19N3O4S. The maximum atomic E-state index is 10.6. The minimum absolute atomic E-state index is 0.324. The molecular weight excluding hydrogens is 318 g/mol. The van der Waals surface area contributed by atoms with Crippen molar-refractivity contribution in [3.05, 3.63) is 48.7 Å². The number of hydrogen-bond donors (Lipinski definition) is 0. The van der Waals surface area contributed by atoms with Crippen molar-refractivity contribution >= 4 is 22.0 Å². The number of unbranched alkanes of at least 4 members (excludes halogenated alkanes) is 1. The fraction of sp³-hybridized carbons (Fsp3) is 0.333. The minimum atomic E-state index is -4.14. The van der Waals surface area contributed by atoms with E-state index < -0.39 is 10.1 Å². The maximum absolute atomic E-state index is 10.6. The van der Waals surface area contributed by atoms with Gasteiger partial charge in [-0.1, -0.05) is 18.2 Å². The zero-order valence-electron chi connectivity index (χ0n) is 12.8. The van der Waals surface area contributed by atoms with E-state index in [2.05, 4.69) is 5.10 Å². The first-order chi connectivity index (χ1) is 11.0. The Kier molecular flexibility index (Phi) is 5.89. The topological polar surface area (TPSA) is 89.8 Å². The molecule has 1 aromatic carbocycles. The van der Waals surface area contributed by atoms with Gasteiger partial charge in [-0.15, -0.1) is 0 Å². The van der Waals surface area contributed by atoms with Gasteiger partial charge in [0.05, 0.1) is 15.8 Å². The summed E-state index contributed by atoms with van der Waals surface area (Å²) in [6.07, 6.45) is 5.77. The standard InChI is InChI=1S/C15H19N3O4S/c1-17(14-7-3-2-4-8-14)16-13-15-18(10-11-22-15)9-5-6-12-23(19,20)21/h2-4,7-8,10-11,13H,5-6,9,12H2,1H3. The summed E-state index contributed by atoms with van der Waals surface area (Å²) in [6.45, 7) is 0.558. The van der Waals surface area contributed by atoms with Crippen LogP contribution in [-0.4, -0.2) is 32.0 Å². The lowest BCUT2D eigenvalue weighted by Gasteiger charge is -2.11. The SMILES string of the molecule is CN(N=Cc1occ[n+]1CCCCS(=O)(=O)[O-])c1ccccc1. The molecule has 0 spiro atoms. The molecule has 0 fully saturated rings. The Hall–Kier alpha value is -2.19. The molecule has 23 heavy (non-hydrogen) atoms. The van der Waals surface area contributed by atoms with Crippen LogP contribution in [0, 0.1) is 0 Å². The van der Waals surface area contributed by atoms with E-state index in [1.807, 2.05) is 41.9 Å². The van der Waals surface area contributed by atoms with Crippen molar-refractivity contribution < 1.29 is 22.0 Å². The first-order valence-corrected chi connectivity index (χ1v) is 8.77. The second kappa shape index (κ2) is 7.89. The van der Waals surface area contributed by atoms with E-state index in [1.165, 1.54) is 6.26 Å². The molecule has 0 bridgehead atoms. The molecule has 0 aliphatic heterocycles. The summed E-state index contributed by atoms with van der Waals surface area (Å²) in [5, 5.41) is 6.03. The molecule has 0 amide bonds. The summed E-state index contributed by atoms with van der Waals surface area (Å²) in [7, 11) is -2.31. The van der Waals surface area contributed by atoms with Gasteiger partial charge in [0.25, 0.3) is 0 Å². The van der Waals surface area contributed by atoms with Crippen LogP contribution in [0.2, 0.25) is 0 Å². The summed E-state index contributed by atoms with van der Waals surface area (Å²) in [5.74, 6) is 0.212. The van der Waals surface area contributed by atoms with Crippen molar-refractivity contribution in [2.24, 2.45) is 5.10 Å². The Morgan fingerprint density at radius 3 is 2.74 bits per heavy atom. The summed E-state index contributed by atoms with van der Waals surface area (Å²) >= 11 is 0. The molecule has 7 nitrogen and oxygen atoms in total. The Morgan fingerprint density at radius 2 is 2.04 bits per heavy atom. The number of hydrogen-bond acceptors (Lipinski definition) is 6. The molecule has 0 N–H and O–H groups in total. The molecule has 1 aromatic heterocycles. The van der Waals surface area contributed by atoms with Crippen LogP contribution in [0.3, 0.4) is 0 Å². The molecule has 124 valence electrons. The molecule has 0 saturated heterocycles. The first kappa shape index (κ1) is 17.2. The zero-order chi connectivity index (χ0) is 16.7. The van der Waals surface area contributed by atoms with E-state index >= 15 is 0 Å². The highest BCUT2D eigenvalue weighted by Gasteiger charge is 2.12. The Labute approximate surface area is 135 Å². The molecule has 0 aliphatic rings. The Morgan fingerprint density at radius 1 is 1.30 bits per heavy atom. The smallest absolute Gasteiger partial charge is 0.393 e. The number of hydrazone groups is 1. The normalized spacial score (nSPS) is 11.9. The monoisotopic (exact) mass is 337 g/mol. The lowest BCUT2D eigenvalue weighted by Crippen LogP contribution is -2.35. The van der Waals surface area contributed by atoms with Crippen LogP contribution in [0.15, 0.2) is 52.3 Å². The molecule has 0 unspecified atom stereocenters. The van der Waals surface area contributed by atoms with Gasteiger partial charge in [0.1, 0.15) is 0 Å². The van der Waals surface area contributed by atoms with Crippen molar-refractivity contribution in [2.75, 3.05) is 17.8 Å². The van der Waals surface area contributed by atoms with E-state index in [1.54, 1.807) is 17.4 Å². The fourth-order valence-corrected chi connectivity index (χ4v) is 2.57. The molecule has 2 aromatic rings. The number of nitrogens with zero attached hydrogens (tertiary/aromatic N) is 3. The number of aryl methyl sites for hydroxylation is 1. The third-order valence-corrected chi connectivity index (χ3v) is 4.02. The summed E-state index contributed by atoms with van der Waals surface area (Å²) < 4.78 is 38.9. The zero-order valence-corrected chi connectivity index (χ0v) is 13.6. The lowest BCUT2D eigenvalue weighted by atomic mass is 10.3. The summed E-state index contributed by atoms with van der Waals surface area (Å²) in [6, 6.07) is 9.68. The predicted octanol–water partition coefficient (Wildman–Crippen LogP) is 1.36. The van der Waals surface area contributed by atoms with Crippen LogP contribution in [-0.2, 0) is 16.7 Å². The Balaban J connectivity index is 1.91. The van der Waals surface area contributed by atoms with Crippen LogP contribution >= 0.6 is 0 Å². The van der Waals surface area contributed by atoms with Crippen molar-refractivity contribution in [3.63, 3.8) is 0 Å². The van der Waals surface area contributed by atoms with Crippen molar-refractivity contribution in [1.82, 2.24) is 0 Å². The van der Waals surface area contributed by atoms with Crippen LogP contribution in [0.5, 0.6) is 0 Å². The quantitative estimate of drug-likeness (QED) is 0.238. The van der Waals surface area contributed by atoms with E-state index in [0.29, 0.717) is 25.3 Å². The maximum Gasteiger partial charge on any atom is 0.393 e. The fourth-order valence-electron chi connectivity index (χ4n) is 2.01. The third-order valence-electron chi connectivity index (χ3n) is 3.23. The van der Waals surface area contributed by atoms with Gasteiger partial charge in [0, 0.05) is 19.2 Å². The number of oxazole rings is 1. The largest absolute Gasteiger partial charge is 0.748 e. The molecule has 1 heterocycles. The van der Waals surface area contributed by atoms with Gasteiger partial charge in [-0.05, 0) is 18.6 Å². The van der Waals surface area contributed by atoms with Crippen LogP contribution in [0.25, 0.3) is 0 Å². The van der Waals surface area contributed by atoms with Gasteiger partial charge in [-0.2, -0.15) is 9.67 Å². The average molecular weight is 337 g/mol. The van der Waals surface area contributed by atoms with E-state index in [4.69, 9.17) is 4.42 Å². The summed E-state index contributed by atoms with van der Waals surface area (Å²) in [5.41, 5.74) is 0.947. The summed E-state index contributed by atoms with van der Waals surface area (Å²) in [4.78, 5) is 0. The van der Waals surface area contributed by atoms with Crippen molar-refractivity contribution in [2.45, 2.75) is 19.4 Å². The predicted molar refractivity (Wildman–Crippen MR) is 85.1 cm³/mol. The molecule has 2 rings (SSSR count). The molecule has 0 radical (unpaired) electrons. The molecule has 0 aliphatic carbocycles. The van der Waals surface area contributed by atoms with Crippen LogP contribution in [0.1, 0.15) is 18.7 Å². The van der Waals surface area contributed by atoms with Gasteiger partial charge < -0.3 is 8.97 Å². The van der Waals surface area contributed by atoms with E-state index in [9.17, 15) is 13.0 Å². The van der Waals surface area contributed by atoms with Gasteiger partial charge >= 0.3 is 5.89 Å². The first-order valence-electron chi connectivity index (χ1n) is 7.19. The molecule has 0 saturated carbocycles. The van der Waals surface area contributed by atoms with Crippen LogP contribution < -0.4 is 9.58 Å². The van der Waals surface area contributed by atoms with Gasteiger partial charge in [-0.3, -0.25) is 5.01 Å². The van der Waals surface area contributed by atoms with Gasteiger partial charge in [0.2, 0.25) is 6.20 Å². The van der Waals surface area contributed by atoms with Gasteiger partial charge in [0.15, 0.2) is 19.0 Å². The number of benzene rings is 1. The van der Waals surface area contributed by atoms with Gasteiger partial charge in [-0.25, -0.2) is 8.42 Å². The molecule has 8 heteroatoms. The number of rotatable bonds is 8. The van der Waals surface area contributed by atoms with E-state index in [0.717, 1.165) is 5.69 Å². The average Bonchev–Trinajstić information content (AvgIpc) is 2.96. The minimum Gasteiger partial charge on any atom is -0.748 e. The number of aromatic nitrogens is 1. The highest BCUT2D eigenvalue weighted by molar-refractivity contribution is 7.85. The number of para-hydroxylation sites is 1. The molecule has 0 atom stereocenters. The lowest BCUT2D eigenvalue weighted by molar-refractivity contribution is -0.700. The highest BCUT2D eigenvalue weighted by atomic mass is 32.2. The van der Waals surface area contributed by atoms with Crippen molar-refractivity contribution in [1.29, 1.82) is 0 Å². The number of anilines is 1. The Bertz CT molecular complexity index is 741. The van der Waals surface area contributed by atoms with Crippen LogP contribution in [0.4, 0.5) is 5.69 Å². The third kappa shape index (κ3) is 5.84. The highest BCUT2D eigenvalue weighted by Crippen LogP contribution is 2.10. The van der Waals surface area contributed by atoms with E-state index in [-0.39, 0.29) is 5.75 Å². The van der Waals surface area contributed by atoms with Crippen molar-refractivity contribution in [3.8, 4) is 0 Å².